The summed E-state index contributed by atoms with van der Waals surface area (Å²) in [4.78, 5) is 12.1. The van der Waals surface area contributed by atoms with E-state index in [1.54, 1.807) is 6.07 Å². The van der Waals surface area contributed by atoms with Crippen LogP contribution in [0.25, 0.3) is 11.0 Å². The van der Waals surface area contributed by atoms with Crippen molar-refractivity contribution in [2.24, 2.45) is 0 Å². The van der Waals surface area contributed by atoms with Gasteiger partial charge < -0.3 is 14.3 Å². The number of aliphatic hydroxyl groups is 1. The fraction of sp³-hybridized carbons (Fsp3) is 0.625. The Morgan fingerprint density at radius 3 is 2.14 bits per heavy atom. The molecule has 1 atom stereocenters. The molecule has 0 amide bonds. The number of fused-ring (bicyclic) bond motifs is 1. The molecule has 2 rings (SSSR count). The highest BCUT2D eigenvalue weighted by Crippen LogP contribution is 2.24. The minimum absolute atomic E-state index is 0.120. The van der Waals surface area contributed by atoms with Crippen molar-refractivity contribution in [3.05, 3.63) is 40.2 Å². The summed E-state index contributed by atoms with van der Waals surface area (Å²) in [6, 6.07) is 7.36. The van der Waals surface area contributed by atoms with E-state index < -0.39 is 11.9 Å². The maximum atomic E-state index is 12.1. The van der Waals surface area contributed by atoms with E-state index in [2.05, 4.69) is 6.92 Å². The minimum atomic E-state index is -0.971. The van der Waals surface area contributed by atoms with Gasteiger partial charge in [-0.1, -0.05) is 89.3 Å². The van der Waals surface area contributed by atoms with E-state index in [0.29, 0.717) is 17.6 Å². The van der Waals surface area contributed by atoms with E-state index in [0.717, 1.165) is 18.2 Å². The standard InChI is InChI=1S/C24H36O4/c1-3-4-5-6-7-8-9-10-11-12-13-18-22(25)28-23-19(2)20-16-14-15-17-21(20)27-24(23)26/h14-17,22,25H,3-13,18H2,1-2H3. The largest absolute Gasteiger partial charge is 0.457 e. The van der Waals surface area contributed by atoms with Crippen LogP contribution in [0.3, 0.4) is 0 Å². The van der Waals surface area contributed by atoms with Crippen LogP contribution >= 0.6 is 0 Å². The van der Waals surface area contributed by atoms with E-state index in [-0.39, 0.29) is 5.75 Å². The number of ether oxygens (including phenoxy) is 1. The molecule has 0 saturated carbocycles. The minimum Gasteiger partial charge on any atom is -0.457 e. The molecule has 1 N–H and O–H groups in total. The van der Waals surface area contributed by atoms with Crippen molar-refractivity contribution in [2.45, 2.75) is 97.2 Å². The Morgan fingerprint density at radius 2 is 1.50 bits per heavy atom. The first-order valence-corrected chi connectivity index (χ1v) is 11.0. The molecule has 0 radical (unpaired) electrons. The second kappa shape index (κ2) is 12.6. The lowest BCUT2D eigenvalue weighted by molar-refractivity contribution is -0.0271. The van der Waals surface area contributed by atoms with E-state index in [9.17, 15) is 9.90 Å². The number of benzene rings is 1. The van der Waals surface area contributed by atoms with Crippen molar-refractivity contribution in [2.75, 3.05) is 0 Å². The molecule has 1 heterocycles. The number of hydrogen-bond acceptors (Lipinski definition) is 4. The molecular formula is C24H36O4. The summed E-state index contributed by atoms with van der Waals surface area (Å²) in [6.07, 6.45) is 13.4. The summed E-state index contributed by atoms with van der Waals surface area (Å²) in [6.45, 7) is 4.07. The van der Waals surface area contributed by atoms with Gasteiger partial charge in [0.15, 0.2) is 6.29 Å². The van der Waals surface area contributed by atoms with Gasteiger partial charge in [-0.05, 0) is 19.4 Å². The molecule has 0 aliphatic heterocycles. The second-order valence-electron chi connectivity index (χ2n) is 7.74. The van der Waals surface area contributed by atoms with E-state index in [1.165, 1.54) is 57.8 Å². The molecule has 1 aromatic heterocycles. The highest BCUT2D eigenvalue weighted by molar-refractivity contribution is 5.81. The molecule has 2 aromatic rings. The second-order valence-corrected chi connectivity index (χ2v) is 7.74. The topological polar surface area (TPSA) is 59.7 Å². The summed E-state index contributed by atoms with van der Waals surface area (Å²) in [5, 5.41) is 11.0. The molecule has 1 aromatic carbocycles. The lowest BCUT2D eigenvalue weighted by atomic mass is 10.1. The van der Waals surface area contributed by atoms with Crippen molar-refractivity contribution in [1.82, 2.24) is 0 Å². The maximum Gasteiger partial charge on any atom is 0.379 e. The van der Waals surface area contributed by atoms with Crippen LogP contribution in [0.5, 0.6) is 5.75 Å². The van der Waals surface area contributed by atoms with Gasteiger partial charge in [-0.3, -0.25) is 0 Å². The monoisotopic (exact) mass is 388 g/mol. The molecule has 0 aliphatic rings. The highest BCUT2D eigenvalue weighted by Gasteiger charge is 2.16. The third-order valence-corrected chi connectivity index (χ3v) is 5.33. The van der Waals surface area contributed by atoms with Gasteiger partial charge in [-0.25, -0.2) is 4.79 Å². The number of aliphatic hydroxyl groups excluding tert-OH is 1. The van der Waals surface area contributed by atoms with Gasteiger partial charge in [-0.15, -0.1) is 0 Å². The smallest absolute Gasteiger partial charge is 0.379 e. The van der Waals surface area contributed by atoms with Gasteiger partial charge in [0.2, 0.25) is 5.75 Å². The first-order valence-electron chi connectivity index (χ1n) is 11.0. The van der Waals surface area contributed by atoms with E-state index in [4.69, 9.17) is 9.15 Å². The normalized spacial score (nSPS) is 12.4. The van der Waals surface area contributed by atoms with Gasteiger partial charge >= 0.3 is 5.63 Å². The van der Waals surface area contributed by atoms with Crippen molar-refractivity contribution in [3.8, 4) is 5.75 Å². The van der Waals surface area contributed by atoms with Crippen molar-refractivity contribution >= 4 is 11.0 Å². The van der Waals surface area contributed by atoms with Crippen molar-refractivity contribution in [1.29, 1.82) is 0 Å². The van der Waals surface area contributed by atoms with Crippen molar-refractivity contribution < 1.29 is 14.3 Å². The summed E-state index contributed by atoms with van der Waals surface area (Å²) in [5.74, 6) is 0.120. The Morgan fingerprint density at radius 1 is 0.929 bits per heavy atom. The van der Waals surface area contributed by atoms with Crippen LogP contribution in [0, 0.1) is 6.92 Å². The number of unbranched alkanes of at least 4 members (excludes halogenated alkanes) is 10. The lowest BCUT2D eigenvalue weighted by Gasteiger charge is -2.15. The summed E-state index contributed by atoms with van der Waals surface area (Å²) >= 11 is 0. The highest BCUT2D eigenvalue weighted by atomic mass is 16.6. The summed E-state index contributed by atoms with van der Waals surface area (Å²) < 4.78 is 10.8. The molecule has 4 nitrogen and oxygen atoms in total. The van der Waals surface area contributed by atoms with E-state index >= 15 is 0 Å². The fourth-order valence-corrected chi connectivity index (χ4v) is 3.60. The van der Waals surface area contributed by atoms with Crippen LogP contribution in [0.4, 0.5) is 0 Å². The summed E-state index contributed by atoms with van der Waals surface area (Å²) in [5.41, 5.74) is 0.719. The number of aryl methyl sites for hydroxylation is 1. The third-order valence-electron chi connectivity index (χ3n) is 5.33. The zero-order valence-electron chi connectivity index (χ0n) is 17.5. The van der Waals surface area contributed by atoms with Gasteiger partial charge in [0, 0.05) is 17.4 Å². The van der Waals surface area contributed by atoms with Crippen LogP contribution < -0.4 is 10.4 Å². The Balaban J connectivity index is 1.64. The van der Waals surface area contributed by atoms with Crippen LogP contribution in [0.1, 0.15) is 89.5 Å². The van der Waals surface area contributed by atoms with Crippen LogP contribution in [-0.4, -0.2) is 11.4 Å². The van der Waals surface area contributed by atoms with Crippen LogP contribution in [0.15, 0.2) is 33.5 Å². The molecule has 28 heavy (non-hydrogen) atoms. The SMILES string of the molecule is CCCCCCCCCCCCCC(O)Oc1c(C)c2ccccc2oc1=O. The maximum absolute atomic E-state index is 12.1. The average molecular weight is 389 g/mol. The quantitative estimate of drug-likeness (QED) is 0.228. The molecule has 0 spiro atoms. The zero-order chi connectivity index (χ0) is 20.2. The predicted octanol–water partition coefficient (Wildman–Crippen LogP) is 6.50. The van der Waals surface area contributed by atoms with E-state index in [1.807, 2.05) is 25.1 Å². The Hall–Kier alpha value is -1.81. The molecule has 0 bridgehead atoms. The zero-order valence-corrected chi connectivity index (χ0v) is 17.5. The molecule has 0 aliphatic carbocycles. The van der Waals surface area contributed by atoms with Gasteiger partial charge in [0.1, 0.15) is 5.58 Å². The summed E-state index contributed by atoms with van der Waals surface area (Å²) in [7, 11) is 0. The fourth-order valence-electron chi connectivity index (χ4n) is 3.60. The number of hydrogen-bond donors (Lipinski definition) is 1. The predicted molar refractivity (Wildman–Crippen MR) is 115 cm³/mol. The molecule has 4 heteroatoms. The number of rotatable bonds is 14. The first kappa shape index (κ1) is 22.5. The lowest BCUT2D eigenvalue weighted by Crippen LogP contribution is -2.20. The average Bonchev–Trinajstić information content (AvgIpc) is 2.69. The molecular weight excluding hydrogens is 352 g/mol. The molecule has 1 unspecified atom stereocenters. The molecule has 0 fully saturated rings. The van der Waals surface area contributed by atoms with Gasteiger partial charge in [0.25, 0.3) is 0 Å². The van der Waals surface area contributed by atoms with Crippen LogP contribution in [0.2, 0.25) is 0 Å². The number of para-hydroxylation sites is 1. The first-order chi connectivity index (χ1) is 13.6. The Labute approximate surface area is 168 Å². The molecule has 156 valence electrons. The van der Waals surface area contributed by atoms with Crippen molar-refractivity contribution in [3.63, 3.8) is 0 Å². The van der Waals surface area contributed by atoms with Gasteiger partial charge in [-0.2, -0.15) is 0 Å². The molecule has 0 saturated heterocycles. The Kier molecular flexibility index (Phi) is 10.1. The van der Waals surface area contributed by atoms with Gasteiger partial charge in [0.05, 0.1) is 0 Å². The third kappa shape index (κ3) is 7.31. The van der Waals surface area contributed by atoms with Crippen LogP contribution in [-0.2, 0) is 0 Å². The Bertz CT molecular complexity index is 750.